The summed E-state index contributed by atoms with van der Waals surface area (Å²) in [4.78, 5) is 11.2. The van der Waals surface area contributed by atoms with Crippen LogP contribution < -0.4 is 0 Å². The van der Waals surface area contributed by atoms with Crippen molar-refractivity contribution < 1.29 is 9.90 Å². The molecule has 3 rings (SSSR count). The van der Waals surface area contributed by atoms with Crippen LogP contribution in [0.5, 0.6) is 0 Å². The summed E-state index contributed by atoms with van der Waals surface area (Å²) in [5, 5.41) is 11.5. The molecule has 0 aliphatic heterocycles. The molecule has 0 aliphatic carbocycles. The number of fused-ring (bicyclic) bond motifs is 3. The monoisotopic (exact) mass is 256 g/mol. The molecule has 0 radical (unpaired) electrons. The minimum atomic E-state index is -0.778. The first kappa shape index (κ1) is 11.2. The number of hydrogen-bond acceptors (Lipinski definition) is 2. The second kappa shape index (κ2) is 4.10. The molecule has 0 amide bonds. The molecule has 0 saturated heterocycles. The summed E-state index contributed by atoms with van der Waals surface area (Å²) in [6.07, 6.45) is 0. The molecular weight excluding hydrogens is 244 g/mol. The highest BCUT2D eigenvalue weighted by molar-refractivity contribution is 7.26. The molecule has 18 heavy (non-hydrogen) atoms. The van der Waals surface area contributed by atoms with Crippen molar-refractivity contribution in [2.75, 3.05) is 0 Å². The van der Waals surface area contributed by atoms with Gasteiger partial charge in [0.1, 0.15) is 0 Å². The summed E-state index contributed by atoms with van der Waals surface area (Å²) >= 11 is 1.67. The Kier molecular flexibility index (Phi) is 2.56. The van der Waals surface area contributed by atoms with Crippen molar-refractivity contribution in [3.8, 4) is 0 Å². The third kappa shape index (κ3) is 1.59. The molecule has 0 spiro atoms. The lowest BCUT2D eigenvalue weighted by molar-refractivity contribution is -0.138. The molecule has 1 aromatic heterocycles. The quantitative estimate of drug-likeness (QED) is 0.744. The molecule has 3 heteroatoms. The molecule has 2 aromatic carbocycles. The SMILES string of the molecule is CC(C(=O)O)c1cccc2c1sc1ccccc12. The van der Waals surface area contributed by atoms with Gasteiger partial charge in [-0.3, -0.25) is 4.79 Å². The summed E-state index contributed by atoms with van der Waals surface area (Å²) in [5.41, 5.74) is 0.904. The van der Waals surface area contributed by atoms with Gasteiger partial charge in [0.05, 0.1) is 5.92 Å². The van der Waals surface area contributed by atoms with Gasteiger partial charge in [0.15, 0.2) is 0 Å². The molecule has 2 nitrogen and oxygen atoms in total. The summed E-state index contributed by atoms with van der Waals surface area (Å²) in [5.74, 6) is -1.25. The van der Waals surface area contributed by atoms with E-state index in [2.05, 4.69) is 18.2 Å². The molecular formula is C15H12O2S. The molecule has 0 aliphatic rings. The number of benzene rings is 2. The summed E-state index contributed by atoms with van der Waals surface area (Å²) in [6, 6.07) is 14.1. The van der Waals surface area contributed by atoms with Gasteiger partial charge in [-0.1, -0.05) is 36.4 Å². The Morgan fingerprint density at radius 1 is 1.11 bits per heavy atom. The number of carboxylic acids is 1. The summed E-state index contributed by atoms with van der Waals surface area (Å²) in [6.45, 7) is 1.74. The van der Waals surface area contributed by atoms with Crippen LogP contribution in [0.15, 0.2) is 42.5 Å². The maximum absolute atomic E-state index is 11.2. The third-order valence-corrected chi connectivity index (χ3v) is 4.51. The zero-order valence-electron chi connectivity index (χ0n) is 9.88. The number of rotatable bonds is 2. The van der Waals surface area contributed by atoms with E-state index in [-0.39, 0.29) is 0 Å². The highest BCUT2D eigenvalue weighted by Crippen LogP contribution is 2.38. The maximum Gasteiger partial charge on any atom is 0.310 e. The molecule has 1 N–H and O–H groups in total. The van der Waals surface area contributed by atoms with Gasteiger partial charge < -0.3 is 5.11 Å². The summed E-state index contributed by atoms with van der Waals surface area (Å²) < 4.78 is 2.30. The molecule has 3 aromatic rings. The third-order valence-electron chi connectivity index (χ3n) is 3.27. The standard InChI is InChI=1S/C15H12O2S/c1-9(15(16)17)10-6-4-7-12-11-5-2-3-8-13(11)18-14(10)12/h2-9H,1H3,(H,16,17). The van der Waals surface area contributed by atoms with Crippen molar-refractivity contribution in [1.29, 1.82) is 0 Å². The Balaban J connectivity index is 2.37. The Morgan fingerprint density at radius 2 is 1.83 bits per heavy atom. The fourth-order valence-electron chi connectivity index (χ4n) is 2.24. The van der Waals surface area contributed by atoms with Crippen LogP contribution in [0.25, 0.3) is 20.2 Å². The summed E-state index contributed by atoms with van der Waals surface area (Å²) in [7, 11) is 0. The molecule has 0 fully saturated rings. The van der Waals surface area contributed by atoms with Crippen molar-refractivity contribution in [3.63, 3.8) is 0 Å². The fraction of sp³-hybridized carbons (Fsp3) is 0.133. The van der Waals surface area contributed by atoms with E-state index in [1.165, 1.54) is 10.1 Å². The zero-order chi connectivity index (χ0) is 12.7. The lowest BCUT2D eigenvalue weighted by Gasteiger charge is -2.07. The van der Waals surface area contributed by atoms with E-state index in [1.807, 2.05) is 24.3 Å². The lowest BCUT2D eigenvalue weighted by atomic mass is 9.99. The van der Waals surface area contributed by atoms with Crippen molar-refractivity contribution in [1.82, 2.24) is 0 Å². The van der Waals surface area contributed by atoms with Crippen LogP contribution in [0.3, 0.4) is 0 Å². The van der Waals surface area contributed by atoms with Crippen LogP contribution in [0.2, 0.25) is 0 Å². The second-order valence-corrected chi connectivity index (χ2v) is 5.43. The molecule has 1 unspecified atom stereocenters. The molecule has 90 valence electrons. The molecule has 1 heterocycles. The number of carbonyl (C=O) groups is 1. The minimum absolute atomic E-state index is 0.471. The largest absolute Gasteiger partial charge is 0.481 e. The predicted molar refractivity (Wildman–Crippen MR) is 75.4 cm³/mol. The van der Waals surface area contributed by atoms with Crippen LogP contribution >= 0.6 is 11.3 Å². The highest BCUT2D eigenvalue weighted by atomic mass is 32.1. The first-order valence-corrected chi connectivity index (χ1v) is 6.63. The van der Waals surface area contributed by atoms with E-state index < -0.39 is 11.9 Å². The lowest BCUT2D eigenvalue weighted by Crippen LogP contribution is -2.07. The average Bonchev–Trinajstić information content (AvgIpc) is 2.76. The molecule has 0 bridgehead atoms. The van der Waals surface area contributed by atoms with Crippen molar-refractivity contribution >= 4 is 37.5 Å². The van der Waals surface area contributed by atoms with Gasteiger partial charge in [0, 0.05) is 20.2 Å². The average molecular weight is 256 g/mol. The van der Waals surface area contributed by atoms with Crippen molar-refractivity contribution in [2.24, 2.45) is 0 Å². The van der Waals surface area contributed by atoms with Crippen molar-refractivity contribution in [2.45, 2.75) is 12.8 Å². The van der Waals surface area contributed by atoms with Crippen LogP contribution in [0.1, 0.15) is 18.4 Å². The van der Waals surface area contributed by atoms with E-state index in [4.69, 9.17) is 0 Å². The zero-order valence-corrected chi connectivity index (χ0v) is 10.7. The van der Waals surface area contributed by atoms with E-state index >= 15 is 0 Å². The van der Waals surface area contributed by atoms with Crippen LogP contribution in [0, 0.1) is 0 Å². The van der Waals surface area contributed by atoms with Crippen LogP contribution in [-0.2, 0) is 4.79 Å². The number of thiophene rings is 1. The van der Waals surface area contributed by atoms with Gasteiger partial charge in [-0.15, -0.1) is 11.3 Å². The number of carboxylic acid groups (broad SMARTS) is 1. The van der Waals surface area contributed by atoms with Gasteiger partial charge in [-0.2, -0.15) is 0 Å². The van der Waals surface area contributed by atoms with E-state index in [0.29, 0.717) is 0 Å². The fourth-order valence-corrected chi connectivity index (χ4v) is 3.55. The normalized spacial score (nSPS) is 12.9. The molecule has 0 saturated carbocycles. The van der Waals surface area contributed by atoms with Crippen LogP contribution in [-0.4, -0.2) is 11.1 Å². The highest BCUT2D eigenvalue weighted by Gasteiger charge is 2.18. The van der Waals surface area contributed by atoms with Gasteiger partial charge in [-0.05, 0) is 18.6 Å². The Hall–Kier alpha value is -1.87. The number of aliphatic carboxylic acids is 1. The van der Waals surface area contributed by atoms with Crippen LogP contribution in [0.4, 0.5) is 0 Å². The number of hydrogen-bond donors (Lipinski definition) is 1. The van der Waals surface area contributed by atoms with Gasteiger partial charge >= 0.3 is 5.97 Å². The van der Waals surface area contributed by atoms with Gasteiger partial charge in [-0.25, -0.2) is 0 Å². The molecule has 1 atom stereocenters. The van der Waals surface area contributed by atoms with E-state index in [1.54, 1.807) is 18.3 Å². The van der Waals surface area contributed by atoms with Gasteiger partial charge in [0.2, 0.25) is 0 Å². The first-order chi connectivity index (χ1) is 8.68. The van der Waals surface area contributed by atoms with E-state index in [0.717, 1.165) is 15.6 Å². The minimum Gasteiger partial charge on any atom is -0.481 e. The Labute approximate surface area is 108 Å². The Bertz CT molecular complexity index is 742. The topological polar surface area (TPSA) is 37.3 Å². The maximum atomic E-state index is 11.2. The smallest absolute Gasteiger partial charge is 0.310 e. The van der Waals surface area contributed by atoms with Gasteiger partial charge in [0.25, 0.3) is 0 Å². The van der Waals surface area contributed by atoms with Crippen molar-refractivity contribution in [3.05, 3.63) is 48.0 Å². The first-order valence-electron chi connectivity index (χ1n) is 5.81. The predicted octanol–water partition coefficient (Wildman–Crippen LogP) is 4.24. The van der Waals surface area contributed by atoms with E-state index in [9.17, 15) is 9.90 Å². The second-order valence-electron chi connectivity index (χ2n) is 4.38. The Morgan fingerprint density at radius 3 is 2.61 bits per heavy atom.